The van der Waals surface area contributed by atoms with Crippen molar-refractivity contribution in [1.82, 2.24) is 5.32 Å². The minimum atomic E-state index is -0.465. The van der Waals surface area contributed by atoms with E-state index in [1.807, 2.05) is 56.3 Å². The SMILES string of the molecule is CCC(NC(=O)Nc1ccccc1)c1ccc(C)c(C(N)=O)c1. The van der Waals surface area contributed by atoms with Crippen LogP contribution in [0.15, 0.2) is 48.5 Å². The Kier molecular flexibility index (Phi) is 5.36. The number of nitrogens with two attached hydrogens (primary N) is 1. The number of rotatable bonds is 5. The molecule has 2 aromatic rings. The minimum Gasteiger partial charge on any atom is -0.366 e. The van der Waals surface area contributed by atoms with Crippen molar-refractivity contribution in [3.8, 4) is 0 Å². The predicted octanol–water partition coefficient (Wildman–Crippen LogP) is 3.37. The van der Waals surface area contributed by atoms with Crippen molar-refractivity contribution in [2.45, 2.75) is 26.3 Å². The van der Waals surface area contributed by atoms with Crippen LogP contribution in [0.2, 0.25) is 0 Å². The second-order valence-corrected chi connectivity index (χ2v) is 5.36. The molecule has 0 fully saturated rings. The first-order valence-corrected chi connectivity index (χ1v) is 7.54. The predicted molar refractivity (Wildman–Crippen MR) is 91.3 cm³/mol. The van der Waals surface area contributed by atoms with E-state index in [-0.39, 0.29) is 12.1 Å². The zero-order valence-corrected chi connectivity index (χ0v) is 13.3. The third-order valence-corrected chi connectivity index (χ3v) is 3.67. The maximum absolute atomic E-state index is 12.1. The van der Waals surface area contributed by atoms with Gasteiger partial charge in [-0.05, 0) is 42.7 Å². The van der Waals surface area contributed by atoms with Gasteiger partial charge in [-0.2, -0.15) is 0 Å². The van der Waals surface area contributed by atoms with Gasteiger partial charge in [0.2, 0.25) is 5.91 Å². The first-order chi connectivity index (χ1) is 11.0. The molecule has 1 unspecified atom stereocenters. The van der Waals surface area contributed by atoms with Crippen LogP contribution in [0.5, 0.6) is 0 Å². The van der Waals surface area contributed by atoms with E-state index in [4.69, 9.17) is 5.73 Å². The summed E-state index contributed by atoms with van der Waals surface area (Å²) in [5, 5.41) is 5.70. The number of benzene rings is 2. The van der Waals surface area contributed by atoms with Gasteiger partial charge in [0.05, 0.1) is 6.04 Å². The molecular weight excluding hydrogens is 290 g/mol. The van der Waals surface area contributed by atoms with E-state index in [1.54, 1.807) is 6.07 Å². The lowest BCUT2D eigenvalue weighted by atomic mass is 9.98. The van der Waals surface area contributed by atoms with Crippen molar-refractivity contribution < 1.29 is 9.59 Å². The molecule has 0 aliphatic carbocycles. The van der Waals surface area contributed by atoms with Gasteiger partial charge in [0.15, 0.2) is 0 Å². The van der Waals surface area contributed by atoms with Crippen molar-refractivity contribution in [1.29, 1.82) is 0 Å². The fraction of sp³-hybridized carbons (Fsp3) is 0.222. The van der Waals surface area contributed by atoms with Gasteiger partial charge in [-0.15, -0.1) is 0 Å². The second kappa shape index (κ2) is 7.45. The van der Waals surface area contributed by atoms with Crippen LogP contribution in [0.4, 0.5) is 10.5 Å². The quantitative estimate of drug-likeness (QED) is 0.791. The number of aryl methyl sites for hydroxylation is 1. The van der Waals surface area contributed by atoms with Gasteiger partial charge in [-0.3, -0.25) is 4.79 Å². The van der Waals surface area contributed by atoms with Crippen molar-refractivity contribution in [2.24, 2.45) is 5.73 Å². The van der Waals surface area contributed by atoms with Crippen molar-refractivity contribution in [2.75, 3.05) is 5.32 Å². The van der Waals surface area contributed by atoms with Gasteiger partial charge in [-0.25, -0.2) is 4.79 Å². The molecular formula is C18H21N3O2. The van der Waals surface area contributed by atoms with Crippen LogP contribution in [0, 0.1) is 6.92 Å². The molecule has 0 radical (unpaired) electrons. The lowest BCUT2D eigenvalue weighted by molar-refractivity contribution is 0.0999. The zero-order valence-electron chi connectivity index (χ0n) is 13.3. The largest absolute Gasteiger partial charge is 0.366 e. The number of nitrogens with one attached hydrogen (secondary N) is 2. The smallest absolute Gasteiger partial charge is 0.319 e. The van der Waals surface area contributed by atoms with E-state index in [0.717, 1.165) is 16.8 Å². The maximum Gasteiger partial charge on any atom is 0.319 e. The van der Waals surface area contributed by atoms with Crippen LogP contribution in [-0.2, 0) is 0 Å². The number of carbonyl (C=O) groups is 2. The van der Waals surface area contributed by atoms with Crippen LogP contribution in [0.25, 0.3) is 0 Å². The molecule has 2 aromatic carbocycles. The highest BCUT2D eigenvalue weighted by atomic mass is 16.2. The molecule has 5 nitrogen and oxygen atoms in total. The number of hydrogen-bond donors (Lipinski definition) is 3. The van der Waals surface area contributed by atoms with E-state index in [1.165, 1.54) is 0 Å². The number of carbonyl (C=O) groups excluding carboxylic acids is 2. The number of primary amides is 1. The highest BCUT2D eigenvalue weighted by Gasteiger charge is 2.15. The molecule has 0 heterocycles. The number of amides is 3. The highest BCUT2D eigenvalue weighted by molar-refractivity contribution is 5.94. The highest BCUT2D eigenvalue weighted by Crippen LogP contribution is 2.20. The Bertz CT molecular complexity index is 699. The van der Waals surface area contributed by atoms with Crippen molar-refractivity contribution >= 4 is 17.6 Å². The second-order valence-electron chi connectivity index (χ2n) is 5.36. The number of urea groups is 1. The molecule has 23 heavy (non-hydrogen) atoms. The lowest BCUT2D eigenvalue weighted by Gasteiger charge is -2.19. The third kappa shape index (κ3) is 4.32. The van der Waals surface area contributed by atoms with Gasteiger partial charge in [0.1, 0.15) is 0 Å². The summed E-state index contributed by atoms with van der Waals surface area (Å²) in [6.45, 7) is 3.80. The molecule has 0 saturated heterocycles. The monoisotopic (exact) mass is 311 g/mol. The zero-order chi connectivity index (χ0) is 16.8. The first kappa shape index (κ1) is 16.5. The summed E-state index contributed by atoms with van der Waals surface area (Å²) in [6, 6.07) is 14.2. The summed E-state index contributed by atoms with van der Waals surface area (Å²) in [4.78, 5) is 23.6. The van der Waals surface area contributed by atoms with Gasteiger partial charge >= 0.3 is 6.03 Å². The van der Waals surface area contributed by atoms with Gasteiger partial charge < -0.3 is 16.4 Å². The molecule has 0 aliphatic heterocycles. The number of anilines is 1. The molecule has 2 rings (SSSR count). The molecule has 0 bridgehead atoms. The van der Waals surface area contributed by atoms with Crippen LogP contribution >= 0.6 is 0 Å². The molecule has 0 saturated carbocycles. The third-order valence-electron chi connectivity index (χ3n) is 3.67. The van der Waals surface area contributed by atoms with Crippen LogP contribution in [0.1, 0.15) is 40.9 Å². The molecule has 0 aliphatic rings. The van der Waals surface area contributed by atoms with Gasteiger partial charge in [0.25, 0.3) is 0 Å². The molecule has 4 N–H and O–H groups in total. The Morgan fingerprint density at radius 2 is 1.83 bits per heavy atom. The Morgan fingerprint density at radius 3 is 2.43 bits per heavy atom. The van der Waals surface area contributed by atoms with E-state index in [2.05, 4.69) is 10.6 Å². The fourth-order valence-corrected chi connectivity index (χ4v) is 2.39. The normalized spacial score (nSPS) is 11.6. The number of hydrogen-bond acceptors (Lipinski definition) is 2. The first-order valence-electron chi connectivity index (χ1n) is 7.54. The van der Waals surface area contributed by atoms with Crippen LogP contribution < -0.4 is 16.4 Å². The molecule has 1 atom stereocenters. The number of para-hydroxylation sites is 1. The maximum atomic E-state index is 12.1. The molecule has 3 amide bonds. The van der Waals surface area contributed by atoms with E-state index >= 15 is 0 Å². The molecule has 0 spiro atoms. The van der Waals surface area contributed by atoms with Crippen LogP contribution in [0.3, 0.4) is 0 Å². The summed E-state index contributed by atoms with van der Waals surface area (Å²) in [5.41, 5.74) is 8.27. The topological polar surface area (TPSA) is 84.2 Å². The summed E-state index contributed by atoms with van der Waals surface area (Å²) >= 11 is 0. The average molecular weight is 311 g/mol. The summed E-state index contributed by atoms with van der Waals surface area (Å²) in [7, 11) is 0. The summed E-state index contributed by atoms with van der Waals surface area (Å²) < 4.78 is 0. The average Bonchev–Trinajstić information content (AvgIpc) is 2.54. The Balaban J connectivity index is 2.12. The van der Waals surface area contributed by atoms with E-state index in [9.17, 15) is 9.59 Å². The van der Waals surface area contributed by atoms with Gasteiger partial charge in [-0.1, -0.05) is 37.3 Å². The molecule has 120 valence electrons. The van der Waals surface area contributed by atoms with Crippen molar-refractivity contribution in [3.63, 3.8) is 0 Å². The summed E-state index contributed by atoms with van der Waals surface area (Å²) in [6.07, 6.45) is 0.698. The van der Waals surface area contributed by atoms with E-state index in [0.29, 0.717) is 12.0 Å². The van der Waals surface area contributed by atoms with E-state index < -0.39 is 5.91 Å². The lowest BCUT2D eigenvalue weighted by Crippen LogP contribution is -2.32. The van der Waals surface area contributed by atoms with Crippen LogP contribution in [-0.4, -0.2) is 11.9 Å². The molecule has 0 aromatic heterocycles. The summed E-state index contributed by atoms with van der Waals surface area (Å²) in [5.74, 6) is -0.465. The molecule has 5 heteroatoms. The van der Waals surface area contributed by atoms with Gasteiger partial charge in [0, 0.05) is 11.3 Å². The Morgan fingerprint density at radius 1 is 1.13 bits per heavy atom. The standard InChI is InChI=1S/C18H21N3O2/c1-3-16(13-10-9-12(2)15(11-13)17(19)22)21-18(23)20-14-7-5-4-6-8-14/h4-11,16H,3H2,1-2H3,(H2,19,22)(H2,20,21,23). The minimum absolute atomic E-state index is 0.197. The van der Waals surface area contributed by atoms with Crippen molar-refractivity contribution in [3.05, 3.63) is 65.2 Å². The Labute approximate surface area is 135 Å². The Hall–Kier alpha value is -2.82. The fourth-order valence-electron chi connectivity index (χ4n) is 2.39.